The number of H-pyrrole nitrogens is 1. The summed E-state index contributed by atoms with van der Waals surface area (Å²) in [6.07, 6.45) is 4.52. The summed E-state index contributed by atoms with van der Waals surface area (Å²) in [6, 6.07) is 2.85. The Balaban J connectivity index is 2.10. The minimum atomic E-state index is -3.71. The van der Waals surface area contributed by atoms with E-state index < -0.39 is 16.0 Å². The first-order chi connectivity index (χ1) is 9.41. The maximum Gasteiger partial charge on any atom is 0.352 e. The number of aromatic nitrogens is 3. The van der Waals surface area contributed by atoms with E-state index in [0.717, 1.165) is 10.4 Å². The van der Waals surface area contributed by atoms with E-state index in [-0.39, 0.29) is 17.1 Å². The molecule has 2 heterocycles. The zero-order valence-electron chi connectivity index (χ0n) is 10.7. The van der Waals surface area contributed by atoms with Gasteiger partial charge in [-0.05, 0) is 12.1 Å². The number of carboxylic acid groups (broad SMARTS) is 1. The highest BCUT2D eigenvalue weighted by Crippen LogP contribution is 2.15. The second kappa shape index (κ2) is 5.47. The van der Waals surface area contributed by atoms with Crippen LogP contribution in [0.4, 0.5) is 0 Å². The van der Waals surface area contributed by atoms with Gasteiger partial charge in [-0.2, -0.15) is 9.40 Å². The summed E-state index contributed by atoms with van der Waals surface area (Å²) in [5.41, 5.74) is -0.163. The monoisotopic (exact) mass is 298 g/mol. The summed E-state index contributed by atoms with van der Waals surface area (Å²) in [7, 11) is -2.27. The fourth-order valence-electron chi connectivity index (χ4n) is 1.62. The van der Waals surface area contributed by atoms with Gasteiger partial charge in [0.05, 0.1) is 6.54 Å². The van der Waals surface area contributed by atoms with E-state index in [0.29, 0.717) is 6.54 Å². The van der Waals surface area contributed by atoms with Crippen molar-refractivity contribution in [3.8, 4) is 0 Å². The Kier molecular flexibility index (Phi) is 3.91. The van der Waals surface area contributed by atoms with E-state index in [9.17, 15) is 13.2 Å². The quantitative estimate of drug-likeness (QED) is 0.793. The van der Waals surface area contributed by atoms with Crippen molar-refractivity contribution in [1.29, 1.82) is 0 Å². The van der Waals surface area contributed by atoms with Gasteiger partial charge >= 0.3 is 5.97 Å². The molecular formula is C11H14N4O4S. The van der Waals surface area contributed by atoms with Gasteiger partial charge in [-0.25, -0.2) is 13.2 Å². The Bertz CT molecular complexity index is 690. The molecule has 0 aliphatic heterocycles. The van der Waals surface area contributed by atoms with Gasteiger partial charge in [-0.15, -0.1) is 0 Å². The van der Waals surface area contributed by atoms with Crippen LogP contribution in [0.5, 0.6) is 0 Å². The zero-order chi connectivity index (χ0) is 14.8. The van der Waals surface area contributed by atoms with Crippen molar-refractivity contribution in [2.45, 2.75) is 11.4 Å². The number of sulfonamides is 1. The number of aromatic carboxylic acids is 1. The second-order valence-electron chi connectivity index (χ2n) is 4.15. The van der Waals surface area contributed by atoms with Crippen LogP contribution < -0.4 is 0 Å². The molecule has 0 aromatic carbocycles. The number of hydrogen-bond donors (Lipinski definition) is 2. The first-order valence-electron chi connectivity index (χ1n) is 5.77. The number of rotatable bonds is 6. The van der Waals surface area contributed by atoms with Crippen LogP contribution in [0.3, 0.4) is 0 Å². The van der Waals surface area contributed by atoms with Gasteiger partial charge in [0.1, 0.15) is 10.6 Å². The van der Waals surface area contributed by atoms with Crippen LogP contribution in [0.2, 0.25) is 0 Å². The molecule has 0 aliphatic rings. The summed E-state index contributed by atoms with van der Waals surface area (Å²) in [5.74, 6) is -1.20. The average Bonchev–Trinajstić information content (AvgIpc) is 3.06. The molecule has 9 heteroatoms. The van der Waals surface area contributed by atoms with Crippen molar-refractivity contribution < 1.29 is 18.3 Å². The van der Waals surface area contributed by atoms with Crippen LogP contribution in [0.15, 0.2) is 35.6 Å². The van der Waals surface area contributed by atoms with Crippen LogP contribution in [0.25, 0.3) is 0 Å². The molecular weight excluding hydrogens is 284 g/mol. The van der Waals surface area contributed by atoms with Gasteiger partial charge in [0.25, 0.3) is 0 Å². The van der Waals surface area contributed by atoms with Crippen molar-refractivity contribution in [3.63, 3.8) is 0 Å². The average molecular weight is 298 g/mol. The van der Waals surface area contributed by atoms with Crippen molar-refractivity contribution >= 4 is 16.0 Å². The highest BCUT2D eigenvalue weighted by Gasteiger charge is 2.23. The molecule has 0 aliphatic carbocycles. The highest BCUT2D eigenvalue weighted by molar-refractivity contribution is 7.89. The van der Waals surface area contributed by atoms with Gasteiger partial charge in [-0.3, -0.25) is 4.68 Å². The molecule has 2 N–H and O–H groups in total. The van der Waals surface area contributed by atoms with Crippen molar-refractivity contribution in [1.82, 2.24) is 19.1 Å². The summed E-state index contributed by atoms with van der Waals surface area (Å²) in [5, 5.41) is 12.8. The Morgan fingerprint density at radius 2 is 2.30 bits per heavy atom. The van der Waals surface area contributed by atoms with E-state index >= 15 is 0 Å². The van der Waals surface area contributed by atoms with Crippen LogP contribution in [0.1, 0.15) is 10.5 Å². The Morgan fingerprint density at radius 1 is 1.55 bits per heavy atom. The summed E-state index contributed by atoms with van der Waals surface area (Å²) in [4.78, 5) is 13.1. The van der Waals surface area contributed by atoms with Crippen molar-refractivity contribution in [2.24, 2.45) is 0 Å². The zero-order valence-corrected chi connectivity index (χ0v) is 11.5. The molecule has 0 fully saturated rings. The molecule has 0 saturated carbocycles. The maximum atomic E-state index is 12.2. The second-order valence-corrected chi connectivity index (χ2v) is 6.19. The van der Waals surface area contributed by atoms with Crippen LogP contribution in [0, 0.1) is 0 Å². The fraction of sp³-hybridized carbons (Fsp3) is 0.273. The lowest BCUT2D eigenvalue weighted by Gasteiger charge is -2.15. The lowest BCUT2D eigenvalue weighted by atomic mass is 10.4. The molecule has 2 aromatic rings. The van der Waals surface area contributed by atoms with Crippen LogP contribution >= 0.6 is 0 Å². The van der Waals surface area contributed by atoms with E-state index in [2.05, 4.69) is 10.1 Å². The minimum absolute atomic E-state index is 0.0714. The third-order valence-corrected chi connectivity index (χ3v) is 4.63. The summed E-state index contributed by atoms with van der Waals surface area (Å²) >= 11 is 0. The normalized spacial score (nSPS) is 11.9. The van der Waals surface area contributed by atoms with Gasteiger partial charge in [0, 0.05) is 32.2 Å². The van der Waals surface area contributed by atoms with Crippen molar-refractivity contribution in [3.05, 3.63) is 36.4 Å². The van der Waals surface area contributed by atoms with E-state index in [1.165, 1.54) is 13.2 Å². The third kappa shape index (κ3) is 2.89. The number of likely N-dealkylation sites (N-methyl/N-ethyl adjacent to an activating group) is 1. The van der Waals surface area contributed by atoms with E-state index in [1.807, 2.05) is 0 Å². The predicted octanol–water partition coefficient (Wildman–Crippen LogP) is 0.230. The topological polar surface area (TPSA) is 108 Å². The smallest absolute Gasteiger partial charge is 0.352 e. The molecule has 0 saturated heterocycles. The van der Waals surface area contributed by atoms with Crippen LogP contribution in [-0.4, -0.2) is 52.2 Å². The summed E-state index contributed by atoms with van der Waals surface area (Å²) < 4.78 is 27.2. The maximum absolute atomic E-state index is 12.2. The number of nitrogens with one attached hydrogen (secondary N) is 1. The third-order valence-electron chi connectivity index (χ3n) is 2.80. The van der Waals surface area contributed by atoms with Gasteiger partial charge in [0.15, 0.2) is 0 Å². The predicted molar refractivity (Wildman–Crippen MR) is 69.8 cm³/mol. The SMILES string of the molecule is CN(CCn1cccn1)S(=O)(=O)c1c[nH]c(C(=O)O)c1. The largest absolute Gasteiger partial charge is 0.477 e. The molecule has 0 atom stereocenters. The Labute approximate surface area is 115 Å². The molecule has 0 spiro atoms. The first kappa shape index (κ1) is 14.3. The number of hydrogen-bond acceptors (Lipinski definition) is 4. The molecule has 0 unspecified atom stereocenters. The number of carboxylic acids is 1. The number of nitrogens with zero attached hydrogens (tertiary/aromatic N) is 3. The minimum Gasteiger partial charge on any atom is -0.477 e. The molecule has 2 aromatic heterocycles. The molecule has 20 heavy (non-hydrogen) atoms. The number of aromatic amines is 1. The van der Waals surface area contributed by atoms with Crippen molar-refractivity contribution in [2.75, 3.05) is 13.6 Å². The molecule has 108 valence electrons. The molecule has 0 radical (unpaired) electrons. The Hall–Kier alpha value is -2.13. The first-order valence-corrected chi connectivity index (χ1v) is 7.21. The summed E-state index contributed by atoms with van der Waals surface area (Å²) in [6.45, 7) is 0.649. The van der Waals surface area contributed by atoms with Gasteiger partial charge < -0.3 is 10.1 Å². The standard InChI is InChI=1S/C11H14N4O4S/c1-14(5-6-15-4-2-3-13-15)20(18,19)9-7-10(11(16)17)12-8-9/h2-4,7-8,12H,5-6H2,1H3,(H,16,17). The lowest BCUT2D eigenvalue weighted by Crippen LogP contribution is -2.30. The molecule has 0 bridgehead atoms. The van der Waals surface area contributed by atoms with Gasteiger partial charge in [-0.1, -0.05) is 0 Å². The molecule has 2 rings (SSSR count). The highest BCUT2D eigenvalue weighted by atomic mass is 32.2. The molecule has 8 nitrogen and oxygen atoms in total. The van der Waals surface area contributed by atoms with E-state index in [1.54, 1.807) is 23.1 Å². The lowest BCUT2D eigenvalue weighted by molar-refractivity contribution is 0.0691. The fourth-order valence-corrected chi connectivity index (χ4v) is 2.78. The molecule has 0 amide bonds. The Morgan fingerprint density at radius 3 is 2.85 bits per heavy atom. The van der Waals surface area contributed by atoms with Crippen LogP contribution in [-0.2, 0) is 16.6 Å². The van der Waals surface area contributed by atoms with E-state index in [4.69, 9.17) is 5.11 Å². The number of carbonyl (C=O) groups is 1. The van der Waals surface area contributed by atoms with Gasteiger partial charge in [0.2, 0.25) is 10.0 Å².